The van der Waals surface area contributed by atoms with Crippen LogP contribution in [0.5, 0.6) is 0 Å². The van der Waals surface area contributed by atoms with Crippen molar-refractivity contribution in [2.45, 2.75) is 6.61 Å². The Balaban J connectivity index is 2.81. The molecule has 0 unspecified atom stereocenters. The summed E-state index contributed by atoms with van der Waals surface area (Å²) in [5, 5.41) is 9.04. The van der Waals surface area contributed by atoms with Crippen LogP contribution in [-0.4, -0.2) is 11.3 Å². The minimum Gasteiger partial charge on any atom is -0.450 e. The van der Waals surface area contributed by atoms with Crippen LogP contribution >= 0.6 is 23.2 Å². The zero-order valence-corrected chi connectivity index (χ0v) is 7.97. The molecule has 13 heavy (non-hydrogen) atoms. The molecule has 0 fully saturated rings. The third kappa shape index (κ3) is 2.79. The van der Waals surface area contributed by atoms with Crippen LogP contribution in [0.2, 0.25) is 10.0 Å². The van der Waals surface area contributed by atoms with E-state index in [2.05, 4.69) is 4.74 Å². The van der Waals surface area contributed by atoms with Gasteiger partial charge in [-0.2, -0.15) is 0 Å². The molecule has 1 rings (SSSR count). The number of benzene rings is 1. The molecule has 0 bridgehead atoms. The Labute approximate surface area is 84.8 Å². The van der Waals surface area contributed by atoms with Gasteiger partial charge in [0.25, 0.3) is 0 Å². The van der Waals surface area contributed by atoms with Crippen LogP contribution in [0.15, 0.2) is 18.2 Å². The first-order chi connectivity index (χ1) is 6.11. The van der Waals surface area contributed by atoms with Crippen LogP contribution in [0.25, 0.3) is 0 Å². The molecular formula is C8H6Cl2O3. The summed E-state index contributed by atoms with van der Waals surface area (Å²) in [6.45, 7) is -0.131. The second kappa shape index (κ2) is 4.35. The summed E-state index contributed by atoms with van der Waals surface area (Å²) in [4.78, 5) is 10.1. The smallest absolute Gasteiger partial charge is 0.450 e. The monoisotopic (exact) mass is 220 g/mol. The van der Waals surface area contributed by atoms with E-state index in [1.54, 1.807) is 18.2 Å². The van der Waals surface area contributed by atoms with Gasteiger partial charge in [0.05, 0.1) is 0 Å². The third-order valence-electron chi connectivity index (χ3n) is 1.40. The first kappa shape index (κ1) is 10.2. The number of rotatable bonds is 2. The molecule has 70 valence electrons. The maximum absolute atomic E-state index is 10.1. The van der Waals surface area contributed by atoms with E-state index >= 15 is 0 Å². The van der Waals surface area contributed by atoms with Crippen molar-refractivity contribution in [1.82, 2.24) is 0 Å². The van der Waals surface area contributed by atoms with Crippen LogP contribution in [-0.2, 0) is 11.3 Å². The molecule has 0 heterocycles. The molecule has 0 amide bonds. The largest absolute Gasteiger partial charge is 0.506 e. The first-order valence-electron chi connectivity index (χ1n) is 3.40. The molecule has 1 N–H and O–H groups in total. The van der Waals surface area contributed by atoms with Crippen LogP contribution in [0.3, 0.4) is 0 Å². The average Bonchev–Trinajstić information content (AvgIpc) is 2.03. The van der Waals surface area contributed by atoms with E-state index in [1.807, 2.05) is 0 Å². The first-order valence-corrected chi connectivity index (χ1v) is 4.15. The number of carbonyl (C=O) groups is 1. The lowest BCUT2D eigenvalue weighted by atomic mass is 10.2. The maximum Gasteiger partial charge on any atom is 0.506 e. The van der Waals surface area contributed by atoms with Gasteiger partial charge in [0.2, 0.25) is 0 Å². The van der Waals surface area contributed by atoms with Crippen molar-refractivity contribution in [1.29, 1.82) is 0 Å². The second-order valence-corrected chi connectivity index (χ2v) is 3.07. The Kier molecular flexibility index (Phi) is 3.39. The van der Waals surface area contributed by atoms with Gasteiger partial charge in [0.15, 0.2) is 0 Å². The van der Waals surface area contributed by atoms with Gasteiger partial charge >= 0.3 is 6.16 Å². The quantitative estimate of drug-likeness (QED) is 0.780. The highest BCUT2D eigenvalue weighted by Gasteiger charge is 2.07. The molecule has 5 heteroatoms. The lowest BCUT2D eigenvalue weighted by molar-refractivity contribution is 0.0854. The molecule has 0 spiro atoms. The van der Waals surface area contributed by atoms with Crippen molar-refractivity contribution in [3.05, 3.63) is 33.8 Å². The summed E-state index contributed by atoms with van der Waals surface area (Å²) in [5.41, 5.74) is 0.480. The molecule has 3 nitrogen and oxygen atoms in total. The highest BCUT2D eigenvalue weighted by Crippen LogP contribution is 2.24. The minimum atomic E-state index is -1.35. The molecule has 0 saturated carbocycles. The summed E-state index contributed by atoms with van der Waals surface area (Å²) >= 11 is 11.5. The number of ether oxygens (including phenoxy) is 1. The molecule has 0 radical (unpaired) electrons. The molecule has 0 atom stereocenters. The number of carboxylic acid groups (broad SMARTS) is 1. The minimum absolute atomic E-state index is 0.131. The van der Waals surface area contributed by atoms with E-state index in [4.69, 9.17) is 28.3 Å². The van der Waals surface area contributed by atoms with E-state index in [-0.39, 0.29) is 6.61 Å². The summed E-state index contributed by atoms with van der Waals surface area (Å²) < 4.78 is 4.34. The highest BCUT2D eigenvalue weighted by atomic mass is 35.5. The molecule has 0 aliphatic heterocycles. The van der Waals surface area contributed by atoms with Crippen LogP contribution in [0.1, 0.15) is 5.56 Å². The van der Waals surface area contributed by atoms with Gasteiger partial charge in [-0.3, -0.25) is 0 Å². The third-order valence-corrected chi connectivity index (χ3v) is 2.11. The molecule has 0 aliphatic carbocycles. The number of hydrogen-bond acceptors (Lipinski definition) is 2. The maximum atomic E-state index is 10.1. The predicted molar refractivity (Wildman–Crippen MR) is 49.3 cm³/mol. The average molecular weight is 221 g/mol. The van der Waals surface area contributed by atoms with Gasteiger partial charge in [0.1, 0.15) is 6.61 Å². The zero-order valence-electron chi connectivity index (χ0n) is 6.46. The standard InChI is InChI=1S/C8H6Cl2O3/c9-6-2-1-3-7(10)5(6)4-13-8(11)12/h1-3H,4H2,(H,11,12). The van der Waals surface area contributed by atoms with Crippen molar-refractivity contribution in [3.8, 4) is 0 Å². The Morgan fingerprint density at radius 1 is 1.38 bits per heavy atom. The highest BCUT2D eigenvalue weighted by molar-refractivity contribution is 6.35. The topological polar surface area (TPSA) is 46.5 Å². The van der Waals surface area contributed by atoms with Gasteiger partial charge in [-0.05, 0) is 12.1 Å². The van der Waals surface area contributed by atoms with Crippen molar-refractivity contribution in [2.24, 2.45) is 0 Å². The van der Waals surface area contributed by atoms with E-state index in [0.29, 0.717) is 15.6 Å². The van der Waals surface area contributed by atoms with Gasteiger partial charge < -0.3 is 9.84 Å². The Morgan fingerprint density at radius 2 is 1.92 bits per heavy atom. The second-order valence-electron chi connectivity index (χ2n) is 2.25. The Bertz CT molecular complexity index is 305. The summed E-state index contributed by atoms with van der Waals surface area (Å²) in [6.07, 6.45) is -1.35. The van der Waals surface area contributed by atoms with E-state index in [9.17, 15) is 4.79 Å². The molecule has 1 aromatic carbocycles. The van der Waals surface area contributed by atoms with Crippen molar-refractivity contribution in [3.63, 3.8) is 0 Å². The van der Waals surface area contributed by atoms with Crippen molar-refractivity contribution < 1.29 is 14.6 Å². The fraction of sp³-hybridized carbons (Fsp3) is 0.125. The van der Waals surface area contributed by atoms with Gasteiger partial charge in [-0.15, -0.1) is 0 Å². The SMILES string of the molecule is O=C(O)OCc1c(Cl)cccc1Cl. The van der Waals surface area contributed by atoms with Crippen molar-refractivity contribution in [2.75, 3.05) is 0 Å². The summed E-state index contributed by atoms with van der Waals surface area (Å²) in [7, 11) is 0. The number of hydrogen-bond donors (Lipinski definition) is 1. The molecule has 0 aromatic heterocycles. The van der Waals surface area contributed by atoms with Crippen LogP contribution in [0.4, 0.5) is 4.79 Å². The molecule has 0 aliphatic rings. The van der Waals surface area contributed by atoms with E-state index in [1.165, 1.54) is 0 Å². The molecule has 1 aromatic rings. The fourth-order valence-corrected chi connectivity index (χ4v) is 1.31. The predicted octanol–water partition coefficient (Wildman–Crippen LogP) is 3.19. The number of halogens is 2. The van der Waals surface area contributed by atoms with Crippen molar-refractivity contribution >= 4 is 29.4 Å². The molecular weight excluding hydrogens is 215 g/mol. The van der Waals surface area contributed by atoms with Gasteiger partial charge in [-0.1, -0.05) is 29.3 Å². The van der Waals surface area contributed by atoms with Crippen LogP contribution in [0, 0.1) is 0 Å². The summed E-state index contributed by atoms with van der Waals surface area (Å²) in [6, 6.07) is 4.91. The zero-order chi connectivity index (χ0) is 9.84. The fourth-order valence-electron chi connectivity index (χ4n) is 0.804. The van der Waals surface area contributed by atoms with E-state index < -0.39 is 6.16 Å². The van der Waals surface area contributed by atoms with E-state index in [0.717, 1.165) is 0 Å². The van der Waals surface area contributed by atoms with Gasteiger partial charge in [-0.25, -0.2) is 4.79 Å². The summed E-state index contributed by atoms with van der Waals surface area (Å²) in [5.74, 6) is 0. The van der Waals surface area contributed by atoms with Gasteiger partial charge in [0, 0.05) is 15.6 Å². The Morgan fingerprint density at radius 3 is 2.38 bits per heavy atom. The normalized spacial score (nSPS) is 9.69. The van der Waals surface area contributed by atoms with Crippen LogP contribution < -0.4 is 0 Å². The molecule has 0 saturated heterocycles. The lowest BCUT2D eigenvalue weighted by Gasteiger charge is -2.05. The Hall–Kier alpha value is -0.930. The lowest BCUT2D eigenvalue weighted by Crippen LogP contribution is -2.01.